The van der Waals surface area contributed by atoms with Crippen molar-refractivity contribution in [3.63, 3.8) is 0 Å². The maximum absolute atomic E-state index is 12.4. The molecule has 1 unspecified atom stereocenters. The molecule has 1 aromatic heterocycles. The molecule has 1 heterocycles. The largest absolute Gasteiger partial charge is 0.489 e. The first-order valence-electron chi connectivity index (χ1n) is 6.73. The second-order valence-electron chi connectivity index (χ2n) is 5.06. The average molecular weight is 265 g/mol. The van der Waals surface area contributed by atoms with Crippen molar-refractivity contribution >= 4 is 5.78 Å². The Balaban J connectivity index is 2.91. The smallest absolute Gasteiger partial charge is 0.193 e. The van der Waals surface area contributed by atoms with Crippen molar-refractivity contribution in [2.45, 2.75) is 46.8 Å². The molecule has 0 aliphatic rings. The first kappa shape index (κ1) is 15.6. The van der Waals surface area contributed by atoms with Crippen LogP contribution in [0.2, 0.25) is 0 Å². The summed E-state index contributed by atoms with van der Waals surface area (Å²) < 4.78 is 11.1. The predicted molar refractivity (Wildman–Crippen MR) is 74.6 cm³/mol. The molecule has 0 aliphatic heterocycles. The monoisotopic (exact) mass is 265 g/mol. The number of aromatic nitrogens is 1. The van der Waals surface area contributed by atoms with E-state index >= 15 is 0 Å². The number of carbonyl (C=O) groups is 1. The van der Waals surface area contributed by atoms with Crippen LogP contribution in [-0.2, 0) is 4.74 Å². The average Bonchev–Trinajstić information content (AvgIpc) is 2.34. The molecule has 0 radical (unpaired) electrons. The normalized spacial score (nSPS) is 12.8. The van der Waals surface area contributed by atoms with Gasteiger partial charge in [-0.05, 0) is 32.8 Å². The maximum Gasteiger partial charge on any atom is 0.193 e. The van der Waals surface area contributed by atoms with Gasteiger partial charge in [0.25, 0.3) is 0 Å². The summed E-state index contributed by atoms with van der Waals surface area (Å²) in [6.07, 6.45) is 2.80. The third-order valence-corrected chi connectivity index (χ3v) is 2.58. The van der Waals surface area contributed by atoms with Crippen molar-refractivity contribution in [1.82, 2.24) is 4.98 Å². The molecule has 1 aromatic rings. The number of hydrogen-bond donors (Lipinski definition) is 0. The lowest BCUT2D eigenvalue weighted by atomic mass is 9.98. The SMILES string of the molecule is CCOC(C(=O)c1cncc(OC(C)C)c1)C(C)C. The quantitative estimate of drug-likeness (QED) is 0.711. The Kier molecular flexibility index (Phi) is 5.96. The van der Waals surface area contributed by atoms with Crippen LogP contribution in [0.4, 0.5) is 0 Å². The Morgan fingerprint density at radius 2 is 1.95 bits per heavy atom. The number of Topliss-reactive ketones (excluding diaryl/α,β-unsaturated/α-hetero) is 1. The van der Waals surface area contributed by atoms with Gasteiger partial charge in [0.15, 0.2) is 5.78 Å². The van der Waals surface area contributed by atoms with E-state index in [0.29, 0.717) is 17.9 Å². The minimum atomic E-state index is -0.430. The third kappa shape index (κ3) is 4.63. The van der Waals surface area contributed by atoms with E-state index in [1.54, 1.807) is 18.5 Å². The van der Waals surface area contributed by atoms with Crippen molar-refractivity contribution < 1.29 is 14.3 Å². The van der Waals surface area contributed by atoms with Crippen LogP contribution in [0.5, 0.6) is 5.75 Å². The van der Waals surface area contributed by atoms with Crippen LogP contribution < -0.4 is 4.74 Å². The predicted octanol–water partition coefficient (Wildman–Crippen LogP) is 3.11. The first-order valence-corrected chi connectivity index (χ1v) is 6.73. The Morgan fingerprint density at radius 1 is 1.26 bits per heavy atom. The zero-order valence-corrected chi connectivity index (χ0v) is 12.3. The summed E-state index contributed by atoms with van der Waals surface area (Å²) in [5.41, 5.74) is 0.533. The van der Waals surface area contributed by atoms with Gasteiger partial charge in [-0.3, -0.25) is 9.78 Å². The molecule has 1 atom stereocenters. The van der Waals surface area contributed by atoms with E-state index in [0.717, 1.165) is 0 Å². The standard InChI is InChI=1S/C15H23NO3/c1-6-18-15(10(2)3)14(17)12-7-13(9-16-8-12)19-11(4)5/h7-11,15H,6H2,1-5H3. The second kappa shape index (κ2) is 7.24. The lowest BCUT2D eigenvalue weighted by molar-refractivity contribution is 0.0279. The summed E-state index contributed by atoms with van der Waals surface area (Å²) in [7, 11) is 0. The summed E-state index contributed by atoms with van der Waals surface area (Å²) >= 11 is 0. The molecule has 1 rings (SSSR count). The topological polar surface area (TPSA) is 48.4 Å². The molecule has 0 spiro atoms. The first-order chi connectivity index (χ1) is 8.95. The highest BCUT2D eigenvalue weighted by Crippen LogP contribution is 2.18. The number of carbonyl (C=O) groups excluding carboxylic acids is 1. The fourth-order valence-corrected chi connectivity index (χ4v) is 1.80. The Hall–Kier alpha value is -1.42. The molecule has 19 heavy (non-hydrogen) atoms. The van der Waals surface area contributed by atoms with E-state index in [-0.39, 0.29) is 17.8 Å². The molecule has 0 aliphatic carbocycles. The molecule has 0 bridgehead atoms. The maximum atomic E-state index is 12.4. The van der Waals surface area contributed by atoms with Gasteiger partial charge in [-0.2, -0.15) is 0 Å². The van der Waals surface area contributed by atoms with E-state index in [1.807, 2.05) is 34.6 Å². The third-order valence-electron chi connectivity index (χ3n) is 2.58. The van der Waals surface area contributed by atoms with Crippen LogP contribution in [0.15, 0.2) is 18.5 Å². The van der Waals surface area contributed by atoms with Gasteiger partial charge in [0.05, 0.1) is 12.3 Å². The van der Waals surface area contributed by atoms with Crippen molar-refractivity contribution in [2.24, 2.45) is 5.92 Å². The Bertz CT molecular complexity index is 416. The van der Waals surface area contributed by atoms with Gasteiger partial charge < -0.3 is 9.47 Å². The van der Waals surface area contributed by atoms with Gasteiger partial charge in [-0.25, -0.2) is 0 Å². The van der Waals surface area contributed by atoms with Gasteiger partial charge in [0.2, 0.25) is 0 Å². The van der Waals surface area contributed by atoms with Crippen LogP contribution in [0, 0.1) is 5.92 Å². The molecule has 4 nitrogen and oxygen atoms in total. The molecular formula is C15H23NO3. The molecule has 106 valence electrons. The molecule has 0 amide bonds. The van der Waals surface area contributed by atoms with E-state index in [9.17, 15) is 4.79 Å². The zero-order chi connectivity index (χ0) is 14.4. The Morgan fingerprint density at radius 3 is 2.47 bits per heavy atom. The van der Waals surface area contributed by atoms with E-state index in [4.69, 9.17) is 9.47 Å². The van der Waals surface area contributed by atoms with Gasteiger partial charge in [0.1, 0.15) is 11.9 Å². The van der Waals surface area contributed by atoms with Gasteiger partial charge in [0, 0.05) is 18.4 Å². The number of ether oxygens (including phenoxy) is 2. The highest BCUT2D eigenvalue weighted by molar-refractivity contribution is 5.99. The van der Waals surface area contributed by atoms with Crippen molar-refractivity contribution in [3.8, 4) is 5.75 Å². The van der Waals surface area contributed by atoms with Gasteiger partial charge in [-0.15, -0.1) is 0 Å². The van der Waals surface area contributed by atoms with Crippen LogP contribution in [0.3, 0.4) is 0 Å². The number of nitrogens with zero attached hydrogens (tertiary/aromatic N) is 1. The van der Waals surface area contributed by atoms with Gasteiger partial charge >= 0.3 is 0 Å². The molecule has 0 saturated carbocycles. The summed E-state index contributed by atoms with van der Waals surface area (Å²) in [5, 5.41) is 0. The lowest BCUT2D eigenvalue weighted by Gasteiger charge is -2.19. The highest BCUT2D eigenvalue weighted by atomic mass is 16.5. The zero-order valence-electron chi connectivity index (χ0n) is 12.3. The van der Waals surface area contributed by atoms with E-state index < -0.39 is 6.10 Å². The molecule has 4 heteroatoms. The summed E-state index contributed by atoms with van der Waals surface area (Å²) in [4.78, 5) is 16.5. The van der Waals surface area contributed by atoms with Crippen molar-refractivity contribution in [3.05, 3.63) is 24.0 Å². The summed E-state index contributed by atoms with van der Waals surface area (Å²) in [6.45, 7) is 10.2. The summed E-state index contributed by atoms with van der Waals surface area (Å²) in [5.74, 6) is 0.695. The van der Waals surface area contributed by atoms with Crippen molar-refractivity contribution in [1.29, 1.82) is 0 Å². The van der Waals surface area contributed by atoms with E-state index in [1.165, 1.54) is 0 Å². The number of pyridine rings is 1. The fourth-order valence-electron chi connectivity index (χ4n) is 1.80. The number of rotatable bonds is 7. The van der Waals surface area contributed by atoms with Crippen LogP contribution in [0.1, 0.15) is 45.0 Å². The van der Waals surface area contributed by atoms with Gasteiger partial charge in [-0.1, -0.05) is 13.8 Å². The molecule has 0 aromatic carbocycles. The minimum Gasteiger partial charge on any atom is -0.489 e. The van der Waals surface area contributed by atoms with Crippen LogP contribution >= 0.6 is 0 Å². The second-order valence-corrected chi connectivity index (χ2v) is 5.06. The Labute approximate surface area is 115 Å². The van der Waals surface area contributed by atoms with Crippen LogP contribution in [0.25, 0.3) is 0 Å². The number of ketones is 1. The van der Waals surface area contributed by atoms with Crippen LogP contribution in [-0.4, -0.2) is 29.6 Å². The molecule has 0 N–H and O–H groups in total. The fraction of sp³-hybridized carbons (Fsp3) is 0.600. The number of hydrogen-bond acceptors (Lipinski definition) is 4. The van der Waals surface area contributed by atoms with Crippen molar-refractivity contribution in [2.75, 3.05) is 6.61 Å². The highest BCUT2D eigenvalue weighted by Gasteiger charge is 2.24. The molecular weight excluding hydrogens is 242 g/mol. The lowest BCUT2D eigenvalue weighted by Crippen LogP contribution is -2.30. The summed E-state index contributed by atoms with van der Waals surface area (Å²) in [6, 6.07) is 1.73. The van der Waals surface area contributed by atoms with E-state index in [2.05, 4.69) is 4.98 Å². The molecule has 0 saturated heterocycles. The minimum absolute atomic E-state index is 0.0430. The molecule has 0 fully saturated rings.